The SMILES string of the molecule is CCCPOCCCCCc1ccccc1. The molecule has 1 unspecified atom stereocenters. The third kappa shape index (κ3) is 6.98. The van der Waals surface area contributed by atoms with Gasteiger partial charge in [0.05, 0.1) is 6.61 Å². The van der Waals surface area contributed by atoms with Crippen molar-refractivity contribution in [2.24, 2.45) is 0 Å². The Kier molecular flexibility index (Phi) is 8.38. The Balaban J connectivity index is 1.89. The zero-order valence-electron chi connectivity index (χ0n) is 10.2. The topological polar surface area (TPSA) is 9.23 Å². The smallest absolute Gasteiger partial charge is 0.0505 e. The molecule has 0 aliphatic heterocycles. The zero-order chi connectivity index (χ0) is 11.5. The third-order valence-corrected chi connectivity index (χ3v) is 3.62. The van der Waals surface area contributed by atoms with Crippen molar-refractivity contribution in [2.75, 3.05) is 12.8 Å². The van der Waals surface area contributed by atoms with Gasteiger partial charge in [0.15, 0.2) is 0 Å². The Morgan fingerprint density at radius 2 is 1.88 bits per heavy atom. The van der Waals surface area contributed by atoms with Crippen molar-refractivity contribution in [2.45, 2.75) is 39.0 Å². The van der Waals surface area contributed by atoms with E-state index in [9.17, 15) is 0 Å². The minimum absolute atomic E-state index is 0.717. The van der Waals surface area contributed by atoms with Gasteiger partial charge in [-0.25, -0.2) is 0 Å². The quantitative estimate of drug-likeness (QED) is 0.457. The average molecular weight is 238 g/mol. The van der Waals surface area contributed by atoms with Crippen molar-refractivity contribution in [3.63, 3.8) is 0 Å². The van der Waals surface area contributed by atoms with E-state index in [0.29, 0.717) is 0 Å². The molecular weight excluding hydrogens is 215 g/mol. The maximum atomic E-state index is 5.55. The molecule has 2 heteroatoms. The lowest BCUT2D eigenvalue weighted by Crippen LogP contribution is -1.89. The van der Waals surface area contributed by atoms with Crippen molar-refractivity contribution >= 4 is 8.81 Å². The fraction of sp³-hybridized carbons (Fsp3) is 0.571. The molecule has 0 N–H and O–H groups in total. The molecule has 1 nitrogen and oxygen atoms in total. The van der Waals surface area contributed by atoms with Crippen LogP contribution in [0.25, 0.3) is 0 Å². The first-order valence-corrected chi connectivity index (χ1v) is 7.43. The summed E-state index contributed by atoms with van der Waals surface area (Å²) in [5.41, 5.74) is 1.45. The van der Waals surface area contributed by atoms with E-state index in [0.717, 1.165) is 15.4 Å². The molecule has 0 fully saturated rings. The van der Waals surface area contributed by atoms with E-state index in [-0.39, 0.29) is 0 Å². The maximum Gasteiger partial charge on any atom is 0.0505 e. The molecule has 0 spiro atoms. The van der Waals surface area contributed by atoms with E-state index in [2.05, 4.69) is 37.3 Å². The van der Waals surface area contributed by atoms with Gasteiger partial charge in [0.2, 0.25) is 0 Å². The van der Waals surface area contributed by atoms with Gasteiger partial charge in [0, 0.05) is 8.81 Å². The highest BCUT2D eigenvalue weighted by molar-refractivity contribution is 7.32. The zero-order valence-corrected chi connectivity index (χ0v) is 11.2. The number of aryl methyl sites for hydroxylation is 1. The minimum Gasteiger partial charge on any atom is -0.362 e. The normalized spacial score (nSPS) is 11.3. The summed E-state index contributed by atoms with van der Waals surface area (Å²) < 4.78 is 5.55. The Labute approximate surface area is 101 Å². The van der Waals surface area contributed by atoms with Crippen LogP contribution in [0, 0.1) is 0 Å². The first-order valence-electron chi connectivity index (χ1n) is 6.32. The van der Waals surface area contributed by atoms with Gasteiger partial charge < -0.3 is 4.52 Å². The van der Waals surface area contributed by atoms with Gasteiger partial charge in [0.1, 0.15) is 0 Å². The van der Waals surface area contributed by atoms with Gasteiger partial charge in [-0.05, 0) is 31.0 Å². The lowest BCUT2D eigenvalue weighted by molar-refractivity contribution is 0.346. The third-order valence-electron chi connectivity index (χ3n) is 2.51. The van der Waals surface area contributed by atoms with Crippen molar-refractivity contribution in [1.82, 2.24) is 0 Å². The van der Waals surface area contributed by atoms with Crippen LogP contribution in [-0.2, 0) is 10.9 Å². The monoisotopic (exact) mass is 238 g/mol. The lowest BCUT2D eigenvalue weighted by atomic mass is 10.1. The van der Waals surface area contributed by atoms with Gasteiger partial charge in [-0.1, -0.05) is 50.1 Å². The van der Waals surface area contributed by atoms with Crippen LogP contribution in [0.15, 0.2) is 30.3 Å². The van der Waals surface area contributed by atoms with Gasteiger partial charge in [-0.3, -0.25) is 0 Å². The molecule has 1 rings (SSSR count). The van der Waals surface area contributed by atoms with Crippen molar-refractivity contribution < 1.29 is 4.52 Å². The molecule has 1 aromatic carbocycles. The molecule has 1 aromatic rings. The van der Waals surface area contributed by atoms with E-state index >= 15 is 0 Å². The van der Waals surface area contributed by atoms with Crippen LogP contribution >= 0.6 is 8.81 Å². The van der Waals surface area contributed by atoms with Crippen LogP contribution in [0.4, 0.5) is 0 Å². The highest BCUT2D eigenvalue weighted by Crippen LogP contribution is 2.14. The van der Waals surface area contributed by atoms with Crippen LogP contribution in [0.3, 0.4) is 0 Å². The van der Waals surface area contributed by atoms with Crippen molar-refractivity contribution in [3.05, 3.63) is 35.9 Å². The molecule has 0 radical (unpaired) electrons. The summed E-state index contributed by atoms with van der Waals surface area (Å²) in [6, 6.07) is 10.7. The first-order chi connectivity index (χ1) is 7.93. The maximum absolute atomic E-state index is 5.55. The van der Waals surface area contributed by atoms with E-state index in [1.165, 1.54) is 43.8 Å². The van der Waals surface area contributed by atoms with E-state index in [1.54, 1.807) is 0 Å². The number of hydrogen-bond donors (Lipinski definition) is 0. The summed E-state index contributed by atoms with van der Waals surface area (Å²) in [4.78, 5) is 0. The van der Waals surface area contributed by atoms with Gasteiger partial charge in [-0.15, -0.1) is 0 Å². The second-order valence-corrected chi connectivity index (χ2v) is 5.12. The Hall–Kier alpha value is -0.390. The molecule has 0 bridgehead atoms. The van der Waals surface area contributed by atoms with E-state index in [1.807, 2.05) is 0 Å². The molecule has 0 saturated carbocycles. The molecule has 0 amide bonds. The molecule has 0 aliphatic carbocycles. The molecular formula is C14H23OP. The van der Waals surface area contributed by atoms with E-state index in [4.69, 9.17) is 4.52 Å². The summed E-state index contributed by atoms with van der Waals surface area (Å²) in [5, 5.41) is 0. The van der Waals surface area contributed by atoms with Crippen molar-refractivity contribution in [3.8, 4) is 0 Å². The number of rotatable bonds is 9. The first kappa shape index (κ1) is 13.7. The number of unbranched alkanes of at least 4 members (excludes halogenated alkanes) is 2. The summed E-state index contributed by atoms with van der Waals surface area (Å²) >= 11 is 0. The van der Waals surface area contributed by atoms with Crippen LogP contribution in [0.2, 0.25) is 0 Å². The van der Waals surface area contributed by atoms with Crippen LogP contribution in [0.5, 0.6) is 0 Å². The van der Waals surface area contributed by atoms with Crippen molar-refractivity contribution in [1.29, 1.82) is 0 Å². The lowest BCUT2D eigenvalue weighted by Gasteiger charge is -2.03. The molecule has 0 aromatic heterocycles. The average Bonchev–Trinajstić information content (AvgIpc) is 2.34. The Morgan fingerprint density at radius 3 is 2.62 bits per heavy atom. The van der Waals surface area contributed by atoms with Crippen LogP contribution in [-0.4, -0.2) is 12.8 Å². The summed E-state index contributed by atoms with van der Waals surface area (Å²) in [5.74, 6) is 0. The second-order valence-electron chi connectivity index (χ2n) is 4.04. The minimum atomic E-state index is 0.717. The molecule has 1 atom stereocenters. The molecule has 90 valence electrons. The van der Waals surface area contributed by atoms with Crippen LogP contribution in [0.1, 0.15) is 38.2 Å². The molecule has 0 heterocycles. The molecule has 0 saturated heterocycles. The van der Waals surface area contributed by atoms with Gasteiger partial charge in [-0.2, -0.15) is 0 Å². The summed E-state index contributed by atoms with van der Waals surface area (Å²) in [6.07, 6.45) is 7.45. The predicted octanol–water partition coefficient (Wildman–Crippen LogP) is 4.42. The number of benzene rings is 1. The van der Waals surface area contributed by atoms with Gasteiger partial charge in [0.25, 0.3) is 0 Å². The Morgan fingerprint density at radius 1 is 1.06 bits per heavy atom. The van der Waals surface area contributed by atoms with Crippen LogP contribution < -0.4 is 0 Å². The fourth-order valence-electron chi connectivity index (χ4n) is 1.57. The fourth-order valence-corrected chi connectivity index (χ4v) is 2.21. The second kappa shape index (κ2) is 9.81. The number of hydrogen-bond acceptors (Lipinski definition) is 1. The van der Waals surface area contributed by atoms with Gasteiger partial charge >= 0.3 is 0 Å². The van der Waals surface area contributed by atoms with E-state index < -0.39 is 0 Å². The predicted molar refractivity (Wildman–Crippen MR) is 73.4 cm³/mol. The highest BCUT2D eigenvalue weighted by atomic mass is 31.1. The summed E-state index contributed by atoms with van der Waals surface area (Å²) in [6.45, 7) is 3.16. The molecule has 16 heavy (non-hydrogen) atoms. The standard InChI is InChI=1S/C14H23OP/c1-2-13-16-15-12-8-4-7-11-14-9-5-3-6-10-14/h3,5-6,9-10,16H,2,4,7-8,11-13H2,1H3. The summed E-state index contributed by atoms with van der Waals surface area (Å²) in [7, 11) is 0.717. The highest BCUT2D eigenvalue weighted by Gasteiger charge is 1.93. The largest absolute Gasteiger partial charge is 0.362 e. The molecule has 0 aliphatic rings. The Bertz CT molecular complexity index is 248.